The van der Waals surface area contributed by atoms with Gasteiger partial charge in [0.15, 0.2) is 0 Å². The molecule has 1 saturated carbocycles. The van der Waals surface area contributed by atoms with Crippen molar-refractivity contribution >= 4 is 15.9 Å². The second-order valence-corrected chi connectivity index (χ2v) is 3.64. The van der Waals surface area contributed by atoms with E-state index in [9.17, 15) is 0 Å². The molecule has 0 aliphatic heterocycles. The second kappa shape index (κ2) is 2.93. The number of nitrogens with zero attached hydrogens (tertiary/aromatic N) is 3. The number of rotatable bonds is 1. The Morgan fingerprint density at radius 1 is 1.45 bits per heavy atom. The predicted molar refractivity (Wildman–Crippen MR) is 45.2 cm³/mol. The molecule has 3 nitrogen and oxygen atoms in total. The van der Waals surface area contributed by atoms with Crippen molar-refractivity contribution < 1.29 is 0 Å². The maximum atomic E-state index is 4.21. The zero-order valence-electron chi connectivity index (χ0n) is 6.20. The van der Waals surface area contributed by atoms with Gasteiger partial charge in [-0.3, -0.25) is 0 Å². The van der Waals surface area contributed by atoms with E-state index in [2.05, 4.69) is 26.0 Å². The van der Waals surface area contributed by atoms with Crippen LogP contribution in [0.4, 0.5) is 0 Å². The average molecular weight is 216 g/mol. The highest BCUT2D eigenvalue weighted by Crippen LogP contribution is 2.28. The van der Waals surface area contributed by atoms with E-state index in [4.69, 9.17) is 0 Å². The zero-order chi connectivity index (χ0) is 7.68. The highest BCUT2D eigenvalue weighted by atomic mass is 79.9. The van der Waals surface area contributed by atoms with Crippen molar-refractivity contribution in [2.45, 2.75) is 31.7 Å². The van der Waals surface area contributed by atoms with Crippen LogP contribution in [0.5, 0.6) is 0 Å². The van der Waals surface area contributed by atoms with E-state index in [1.54, 1.807) is 6.33 Å². The van der Waals surface area contributed by atoms with E-state index >= 15 is 0 Å². The van der Waals surface area contributed by atoms with E-state index in [0.29, 0.717) is 10.8 Å². The standard InChI is InChI=1S/C7H10BrN3/c8-7-9-5-11(10-7)6-3-1-2-4-6/h5-6H,1-4H2. The summed E-state index contributed by atoms with van der Waals surface area (Å²) in [5, 5.41) is 4.21. The minimum atomic E-state index is 0.605. The molecule has 1 aromatic rings. The summed E-state index contributed by atoms with van der Waals surface area (Å²) in [5.41, 5.74) is 0. The Bertz CT molecular complexity index is 240. The van der Waals surface area contributed by atoms with Gasteiger partial charge >= 0.3 is 0 Å². The van der Waals surface area contributed by atoms with Crippen LogP contribution in [0.3, 0.4) is 0 Å². The van der Waals surface area contributed by atoms with Crippen LogP contribution >= 0.6 is 15.9 Å². The van der Waals surface area contributed by atoms with E-state index in [-0.39, 0.29) is 0 Å². The van der Waals surface area contributed by atoms with Crippen molar-refractivity contribution in [3.8, 4) is 0 Å². The summed E-state index contributed by atoms with van der Waals surface area (Å²) in [7, 11) is 0. The van der Waals surface area contributed by atoms with Crippen LogP contribution in [0.25, 0.3) is 0 Å². The predicted octanol–water partition coefficient (Wildman–Crippen LogP) is 2.16. The van der Waals surface area contributed by atoms with Gasteiger partial charge in [-0.15, -0.1) is 5.10 Å². The van der Waals surface area contributed by atoms with Crippen LogP contribution in [0.2, 0.25) is 0 Å². The molecule has 60 valence electrons. The third-order valence-electron chi connectivity index (χ3n) is 2.18. The Morgan fingerprint density at radius 3 is 2.73 bits per heavy atom. The van der Waals surface area contributed by atoms with E-state index in [1.165, 1.54) is 25.7 Å². The van der Waals surface area contributed by atoms with Gasteiger partial charge < -0.3 is 0 Å². The smallest absolute Gasteiger partial charge is 0.217 e. The first-order valence-electron chi connectivity index (χ1n) is 3.93. The van der Waals surface area contributed by atoms with Gasteiger partial charge in [-0.2, -0.15) is 0 Å². The maximum Gasteiger partial charge on any atom is 0.217 e. The molecule has 1 aromatic heterocycles. The highest BCUT2D eigenvalue weighted by Gasteiger charge is 2.17. The number of hydrogen-bond acceptors (Lipinski definition) is 2. The van der Waals surface area contributed by atoms with Gasteiger partial charge in [0.25, 0.3) is 0 Å². The summed E-state index contributed by atoms with van der Waals surface area (Å²) < 4.78 is 2.67. The monoisotopic (exact) mass is 215 g/mol. The number of halogens is 1. The van der Waals surface area contributed by atoms with Crippen molar-refractivity contribution in [3.63, 3.8) is 0 Å². The lowest BCUT2D eigenvalue weighted by molar-refractivity contribution is 0.464. The van der Waals surface area contributed by atoms with E-state index in [0.717, 1.165) is 0 Å². The summed E-state index contributed by atoms with van der Waals surface area (Å²) in [6.07, 6.45) is 7.00. The molecule has 1 aliphatic rings. The molecule has 1 heterocycles. The molecule has 1 aliphatic carbocycles. The lowest BCUT2D eigenvalue weighted by atomic mass is 10.3. The van der Waals surface area contributed by atoms with Gasteiger partial charge in [0.05, 0.1) is 6.04 Å². The largest absolute Gasteiger partial charge is 0.249 e. The summed E-state index contributed by atoms with van der Waals surface area (Å²) in [4.78, 5) is 4.03. The number of aromatic nitrogens is 3. The Labute approximate surface area is 73.9 Å². The van der Waals surface area contributed by atoms with Gasteiger partial charge in [0.1, 0.15) is 6.33 Å². The van der Waals surface area contributed by atoms with Crippen LogP contribution < -0.4 is 0 Å². The Hall–Kier alpha value is -0.380. The molecule has 11 heavy (non-hydrogen) atoms. The molecule has 1 fully saturated rings. The molecule has 0 bridgehead atoms. The van der Waals surface area contributed by atoms with Crippen molar-refractivity contribution in [3.05, 3.63) is 11.1 Å². The molecule has 0 atom stereocenters. The molecule has 0 spiro atoms. The van der Waals surface area contributed by atoms with Gasteiger partial charge in [-0.05, 0) is 28.8 Å². The highest BCUT2D eigenvalue weighted by molar-refractivity contribution is 9.10. The molecule has 4 heteroatoms. The van der Waals surface area contributed by atoms with Gasteiger partial charge in [-0.1, -0.05) is 12.8 Å². The molecule has 0 amide bonds. The second-order valence-electron chi connectivity index (χ2n) is 2.93. The normalized spacial score (nSPS) is 19.4. The molecule has 0 aromatic carbocycles. The van der Waals surface area contributed by atoms with Crippen molar-refractivity contribution in [2.75, 3.05) is 0 Å². The SMILES string of the molecule is Brc1ncn(C2CCCC2)n1. The minimum Gasteiger partial charge on any atom is -0.249 e. The quantitative estimate of drug-likeness (QED) is 0.720. The van der Waals surface area contributed by atoms with E-state index < -0.39 is 0 Å². The molecule has 0 radical (unpaired) electrons. The Morgan fingerprint density at radius 2 is 2.18 bits per heavy atom. The summed E-state index contributed by atoms with van der Waals surface area (Å²) >= 11 is 3.24. The first-order chi connectivity index (χ1) is 5.36. The summed E-state index contributed by atoms with van der Waals surface area (Å²) in [6, 6.07) is 0.605. The summed E-state index contributed by atoms with van der Waals surface area (Å²) in [5.74, 6) is 0. The Balaban J connectivity index is 2.15. The lowest BCUT2D eigenvalue weighted by Gasteiger charge is -2.06. The lowest BCUT2D eigenvalue weighted by Crippen LogP contribution is -2.04. The molecule has 0 unspecified atom stereocenters. The minimum absolute atomic E-state index is 0.605. The van der Waals surface area contributed by atoms with Crippen molar-refractivity contribution in [2.24, 2.45) is 0 Å². The fourth-order valence-electron chi connectivity index (χ4n) is 1.60. The van der Waals surface area contributed by atoms with E-state index in [1.807, 2.05) is 4.68 Å². The summed E-state index contributed by atoms with van der Waals surface area (Å²) in [6.45, 7) is 0. The third-order valence-corrected chi connectivity index (χ3v) is 2.54. The fraction of sp³-hybridized carbons (Fsp3) is 0.714. The van der Waals surface area contributed by atoms with Crippen LogP contribution in [0.15, 0.2) is 11.1 Å². The molecular weight excluding hydrogens is 206 g/mol. The van der Waals surface area contributed by atoms with Crippen LogP contribution in [-0.2, 0) is 0 Å². The zero-order valence-corrected chi connectivity index (χ0v) is 7.79. The average Bonchev–Trinajstić information content (AvgIpc) is 2.55. The molecule has 0 saturated heterocycles. The van der Waals surface area contributed by atoms with Gasteiger partial charge in [0, 0.05) is 0 Å². The van der Waals surface area contributed by atoms with Crippen molar-refractivity contribution in [1.82, 2.24) is 14.8 Å². The number of hydrogen-bond donors (Lipinski definition) is 0. The van der Waals surface area contributed by atoms with Crippen molar-refractivity contribution in [1.29, 1.82) is 0 Å². The molecular formula is C7H10BrN3. The first-order valence-corrected chi connectivity index (χ1v) is 4.72. The molecule has 0 N–H and O–H groups in total. The van der Waals surface area contributed by atoms with Crippen LogP contribution in [0.1, 0.15) is 31.7 Å². The van der Waals surface area contributed by atoms with Gasteiger partial charge in [-0.25, -0.2) is 9.67 Å². The van der Waals surface area contributed by atoms with Gasteiger partial charge in [0.2, 0.25) is 4.73 Å². The van der Waals surface area contributed by atoms with Crippen LogP contribution in [0, 0.1) is 0 Å². The maximum absolute atomic E-state index is 4.21. The van der Waals surface area contributed by atoms with Crippen LogP contribution in [-0.4, -0.2) is 14.8 Å². The Kier molecular flexibility index (Phi) is 1.94. The topological polar surface area (TPSA) is 30.7 Å². The third kappa shape index (κ3) is 1.45. The first kappa shape index (κ1) is 7.28. The molecule has 2 rings (SSSR count). The fourth-order valence-corrected chi connectivity index (χ4v) is 1.87.